The van der Waals surface area contributed by atoms with Crippen LogP contribution in [-0.2, 0) is 6.61 Å². The third-order valence-corrected chi connectivity index (χ3v) is 9.01. The van der Waals surface area contributed by atoms with Crippen LogP contribution in [0.25, 0.3) is 22.3 Å². The zero-order valence-electron chi connectivity index (χ0n) is 32.4. The second kappa shape index (κ2) is 24.0. The van der Waals surface area contributed by atoms with Crippen LogP contribution in [0, 0.1) is 0 Å². The van der Waals surface area contributed by atoms with Crippen LogP contribution in [0.15, 0.2) is 140 Å². The van der Waals surface area contributed by atoms with Crippen molar-refractivity contribution in [3.8, 4) is 39.5 Å². The number of benzene rings is 6. The Labute approximate surface area is 358 Å². The Bertz CT molecular complexity index is 2340. The normalized spacial score (nSPS) is 10.1. The summed E-state index contributed by atoms with van der Waals surface area (Å²) >= 11 is 16.7. The Morgan fingerprint density at radius 1 is 0.492 bits per heavy atom. The molecule has 8 nitrogen and oxygen atoms in total. The van der Waals surface area contributed by atoms with Crippen LogP contribution < -0.4 is 14.2 Å². The fourth-order valence-electron chi connectivity index (χ4n) is 5.53. The van der Waals surface area contributed by atoms with Crippen LogP contribution in [0.2, 0.25) is 0 Å². The smallest absolute Gasteiger partial charge is 0.256 e. The minimum atomic E-state index is -0.562. The van der Waals surface area contributed by atoms with E-state index in [1.165, 1.54) is 0 Å². The molecule has 6 aromatic rings. The molecule has 0 fully saturated rings. The molecular weight excluding hydrogens is 811 g/mol. The molecule has 59 heavy (non-hydrogen) atoms. The van der Waals surface area contributed by atoms with Crippen LogP contribution >= 0.6 is 34.8 Å². The van der Waals surface area contributed by atoms with Gasteiger partial charge in [0.05, 0.1) is 18.8 Å². The van der Waals surface area contributed by atoms with Crippen molar-refractivity contribution < 1.29 is 38.2 Å². The minimum absolute atomic E-state index is 0.356. The third-order valence-electron chi connectivity index (χ3n) is 8.40. The molecule has 0 radical (unpaired) electrons. The largest absolute Gasteiger partial charge is 0.493 e. The molecule has 0 saturated heterocycles. The number of halogens is 3. The van der Waals surface area contributed by atoms with Gasteiger partial charge in [-0.3, -0.25) is 24.0 Å². The van der Waals surface area contributed by atoms with E-state index < -0.39 is 15.7 Å². The van der Waals surface area contributed by atoms with Crippen molar-refractivity contribution in [1.29, 1.82) is 0 Å². The van der Waals surface area contributed by atoms with Gasteiger partial charge in [0.2, 0.25) is 0 Å². The summed E-state index contributed by atoms with van der Waals surface area (Å²) in [6, 6.07) is 41.1. The number of ether oxygens (including phenoxy) is 3. The number of para-hydroxylation sites is 2. The van der Waals surface area contributed by atoms with E-state index in [4.69, 9.17) is 49.0 Å². The van der Waals surface area contributed by atoms with Crippen molar-refractivity contribution in [1.82, 2.24) is 0 Å². The first-order chi connectivity index (χ1) is 28.6. The van der Waals surface area contributed by atoms with Crippen molar-refractivity contribution >= 4 is 63.1 Å². The van der Waals surface area contributed by atoms with Gasteiger partial charge in [0.15, 0.2) is 0 Å². The lowest BCUT2D eigenvalue weighted by molar-refractivity contribution is 0.107. The maximum absolute atomic E-state index is 11.7. The van der Waals surface area contributed by atoms with Gasteiger partial charge < -0.3 is 14.2 Å². The number of hydrogen-bond donors (Lipinski definition) is 0. The fourth-order valence-corrected chi connectivity index (χ4v) is 6.01. The molecule has 0 aliphatic heterocycles. The molecule has 0 bridgehead atoms. The van der Waals surface area contributed by atoms with Gasteiger partial charge >= 0.3 is 0 Å². The van der Waals surface area contributed by atoms with Crippen molar-refractivity contribution in [2.45, 2.75) is 33.3 Å². The molecular formula is C48H41Cl3O8. The second-order valence-corrected chi connectivity index (χ2v) is 13.7. The maximum atomic E-state index is 11.7. The predicted octanol–water partition coefficient (Wildman–Crippen LogP) is 12.3. The first-order valence-corrected chi connectivity index (χ1v) is 19.7. The quantitative estimate of drug-likeness (QED) is 0.0699. The van der Waals surface area contributed by atoms with Gasteiger partial charge in [-0.05, 0) is 118 Å². The van der Waals surface area contributed by atoms with Gasteiger partial charge in [-0.15, -0.1) is 0 Å². The number of carbonyl (C=O) groups is 5. The van der Waals surface area contributed by atoms with Crippen LogP contribution in [0.1, 0.15) is 84.0 Å². The standard InChI is InChI=1S/C21H15ClO3.C17H15ClO3.C10H11ClO2/c22-21(24)19-11-10-18(25-14-16-4-2-1-3-5-16)12-20(19)17-8-6-15(13-23)7-9-17;1-2-9-21-16-6-4-3-5-13(16)15-10-12(11-19)7-8-14(15)17(18)20;1-2-7-13-9-6-4-3-5-8(9)10(11)12/h1-13H,14H2;3-8,10-11H,2,9H2,1H3;3-6H,2,7H2,1H3. The summed E-state index contributed by atoms with van der Waals surface area (Å²) < 4.78 is 16.9. The van der Waals surface area contributed by atoms with E-state index >= 15 is 0 Å². The molecule has 0 saturated carbocycles. The molecule has 6 aromatic carbocycles. The van der Waals surface area contributed by atoms with Crippen LogP contribution in [-0.4, -0.2) is 41.5 Å². The summed E-state index contributed by atoms with van der Waals surface area (Å²) in [7, 11) is 0. The van der Waals surface area contributed by atoms with Gasteiger partial charge in [0.25, 0.3) is 15.7 Å². The zero-order chi connectivity index (χ0) is 42.6. The lowest BCUT2D eigenvalue weighted by Crippen LogP contribution is -2.00. The van der Waals surface area contributed by atoms with Crippen molar-refractivity contribution in [3.05, 3.63) is 173 Å². The van der Waals surface area contributed by atoms with Crippen molar-refractivity contribution in [3.63, 3.8) is 0 Å². The monoisotopic (exact) mass is 850 g/mol. The van der Waals surface area contributed by atoms with Gasteiger partial charge in [-0.1, -0.05) is 105 Å². The maximum Gasteiger partial charge on any atom is 0.256 e. The molecule has 0 aliphatic carbocycles. The molecule has 0 spiro atoms. The highest BCUT2D eigenvalue weighted by atomic mass is 35.5. The highest BCUT2D eigenvalue weighted by Gasteiger charge is 2.16. The van der Waals surface area contributed by atoms with Crippen LogP contribution in [0.4, 0.5) is 0 Å². The van der Waals surface area contributed by atoms with E-state index in [-0.39, 0.29) is 0 Å². The predicted molar refractivity (Wildman–Crippen MR) is 234 cm³/mol. The number of hydrogen-bond acceptors (Lipinski definition) is 8. The van der Waals surface area contributed by atoms with E-state index in [0.717, 1.165) is 42.1 Å². The highest BCUT2D eigenvalue weighted by molar-refractivity contribution is 6.69. The van der Waals surface area contributed by atoms with Crippen molar-refractivity contribution in [2.75, 3.05) is 13.2 Å². The first-order valence-electron chi connectivity index (χ1n) is 18.6. The summed E-state index contributed by atoms with van der Waals surface area (Å²) in [5.74, 6) is 1.87. The Hall–Kier alpha value is -6.06. The Balaban J connectivity index is 0.000000205. The fraction of sp³-hybridized carbons (Fsp3) is 0.146. The van der Waals surface area contributed by atoms with E-state index in [0.29, 0.717) is 76.0 Å². The lowest BCUT2D eigenvalue weighted by atomic mass is 9.97. The number of rotatable bonds is 16. The van der Waals surface area contributed by atoms with Crippen LogP contribution in [0.3, 0.4) is 0 Å². The highest BCUT2D eigenvalue weighted by Crippen LogP contribution is 2.34. The topological polar surface area (TPSA) is 113 Å². The molecule has 0 atom stereocenters. The first kappa shape index (κ1) is 45.6. The van der Waals surface area contributed by atoms with Crippen LogP contribution in [0.5, 0.6) is 17.2 Å². The van der Waals surface area contributed by atoms with Gasteiger partial charge in [0.1, 0.15) is 36.4 Å². The Kier molecular flexibility index (Phi) is 18.6. The average Bonchev–Trinajstić information content (AvgIpc) is 3.27. The molecule has 0 heterocycles. The third kappa shape index (κ3) is 13.8. The van der Waals surface area contributed by atoms with Crippen molar-refractivity contribution in [2.24, 2.45) is 0 Å². The molecule has 0 aliphatic rings. The molecule has 0 amide bonds. The molecule has 6 rings (SSSR count). The molecule has 0 unspecified atom stereocenters. The lowest BCUT2D eigenvalue weighted by Gasteiger charge is -2.13. The number of aldehydes is 2. The average molecular weight is 852 g/mol. The molecule has 302 valence electrons. The SMILES string of the molecule is CCCOc1ccccc1-c1cc(C=O)ccc1C(=O)Cl.CCCOc1ccccc1C(=O)Cl.O=Cc1ccc(-c2cc(OCc3ccccc3)ccc2C(=O)Cl)cc1. The van der Waals surface area contributed by atoms with E-state index in [9.17, 15) is 24.0 Å². The van der Waals surface area contributed by atoms with E-state index in [1.54, 1.807) is 78.9 Å². The van der Waals surface area contributed by atoms with E-state index in [1.807, 2.05) is 74.5 Å². The summed E-state index contributed by atoms with van der Waals surface area (Å²) in [5, 5.41) is -1.58. The molecule has 0 N–H and O–H groups in total. The minimum Gasteiger partial charge on any atom is -0.493 e. The molecule has 11 heteroatoms. The molecule has 0 aromatic heterocycles. The number of carbonyl (C=O) groups excluding carboxylic acids is 5. The Morgan fingerprint density at radius 3 is 1.63 bits per heavy atom. The summed E-state index contributed by atoms with van der Waals surface area (Å²) in [6.07, 6.45) is 3.30. The second-order valence-electron chi connectivity index (χ2n) is 12.7. The summed E-state index contributed by atoms with van der Waals surface area (Å²) in [6.45, 7) is 5.63. The van der Waals surface area contributed by atoms with Gasteiger partial charge in [-0.2, -0.15) is 0 Å². The van der Waals surface area contributed by atoms with Gasteiger partial charge in [0, 0.05) is 27.8 Å². The van der Waals surface area contributed by atoms with Gasteiger partial charge in [-0.25, -0.2) is 0 Å². The summed E-state index contributed by atoms with van der Waals surface area (Å²) in [5.41, 5.74) is 6.10. The zero-order valence-corrected chi connectivity index (χ0v) is 34.6. The summed E-state index contributed by atoms with van der Waals surface area (Å²) in [4.78, 5) is 56.0. The van der Waals surface area contributed by atoms with E-state index in [2.05, 4.69) is 0 Å². The Morgan fingerprint density at radius 2 is 1.02 bits per heavy atom.